The minimum atomic E-state index is -1.94. The van der Waals surface area contributed by atoms with Crippen molar-refractivity contribution in [1.29, 1.82) is 0 Å². The zero-order valence-corrected chi connectivity index (χ0v) is 50.7. The topological polar surface area (TPSA) is 389 Å². The van der Waals surface area contributed by atoms with Gasteiger partial charge in [-0.1, -0.05) is 66.2 Å². The predicted molar refractivity (Wildman–Crippen MR) is 292 cm³/mol. The van der Waals surface area contributed by atoms with Gasteiger partial charge in [-0.2, -0.15) is 0 Å². The lowest BCUT2D eigenvalue weighted by molar-refractivity contribution is -0.398. The molecule has 9 aliphatic rings. The van der Waals surface area contributed by atoms with Crippen LogP contribution in [0.2, 0.25) is 0 Å². The number of rotatable bonds is 14. The largest absolute Gasteiger partial charge is 0.465 e. The van der Waals surface area contributed by atoms with Crippen LogP contribution in [0.1, 0.15) is 121 Å². The van der Waals surface area contributed by atoms with E-state index >= 15 is 0 Å². The minimum absolute atomic E-state index is 0.00630. The fraction of sp³-hybridized carbons (Fsp3) is 0.900. The lowest BCUT2D eigenvalue weighted by atomic mass is 9.33. The van der Waals surface area contributed by atoms with E-state index in [0.717, 1.165) is 18.4 Å². The molecule has 0 aromatic heterocycles. The summed E-state index contributed by atoms with van der Waals surface area (Å²) in [5.41, 5.74) is -2.73. The van der Waals surface area contributed by atoms with Crippen LogP contribution in [0.3, 0.4) is 0 Å². The number of carbonyl (C=O) groups is 2. The fourth-order valence-corrected chi connectivity index (χ4v) is 17.2. The minimum Gasteiger partial charge on any atom is -0.465 e. The normalized spacial score (nSPS) is 51.4. The van der Waals surface area contributed by atoms with E-state index in [1.54, 1.807) is 19.9 Å². The number of aliphatic hydroxyl groups is 13. The highest BCUT2D eigenvalue weighted by atomic mass is 16.8. The molecule has 4 saturated heterocycles. The van der Waals surface area contributed by atoms with Gasteiger partial charge >= 0.3 is 11.9 Å². The zero-order valence-electron chi connectivity index (χ0n) is 50.7. The number of aliphatic hydroxyl groups excluding tert-OH is 13. The van der Waals surface area contributed by atoms with Crippen LogP contribution in [0, 0.1) is 50.2 Å². The van der Waals surface area contributed by atoms with Crippen molar-refractivity contribution in [2.24, 2.45) is 50.2 Å². The van der Waals surface area contributed by atoms with E-state index in [1.807, 2.05) is 13.8 Å². The molecule has 5 aliphatic carbocycles. The molecule has 30 atom stereocenters. The van der Waals surface area contributed by atoms with E-state index in [9.17, 15) is 76.0 Å². The molecule has 4 aliphatic heterocycles. The molecule has 25 nitrogen and oxygen atoms in total. The summed E-state index contributed by atoms with van der Waals surface area (Å²) in [6.45, 7) is 18.7. The van der Waals surface area contributed by atoms with Crippen LogP contribution in [-0.4, -0.2) is 246 Å². The maximum Gasteiger partial charge on any atom is 0.333 e. The van der Waals surface area contributed by atoms with Crippen molar-refractivity contribution < 1.29 is 123 Å². The molecule has 25 heteroatoms. The zero-order chi connectivity index (χ0) is 62.6. The standard InChI is InChI=1S/C60H96O25/c1-12-25(2)50(75)85-49-48(74)60(24-77-27(4)63)29(19-55(49,5)6)28-13-14-34-57(9)17-16-36(56(7,8)33(57)15-18-58(34,10)59(28,11)20-35(60)64)82-53-46(40(68)32(23-76-53)81-52-45(73)42(70)38(66)30(21-61)79-52)84-54-47(43(71)39(67)31(22-62)80-54)83-51-44(72)41(69)37(65)26(3)78-51/h12-13,26,29-49,51-54,61-62,64-74H,14-24H2,1-11H3/b25-12-/t26-,29?,30-,31-,32+,33?,34?,35?,36?,37-,38-,39-,40+,41+,42+,43+,44+,45-,46-,47-,48?,49?,51+,52+,53-,54+,57?,58?,59?,60?/m1/s1. The molecule has 8 fully saturated rings. The summed E-state index contributed by atoms with van der Waals surface area (Å²) < 4.78 is 61.2. The van der Waals surface area contributed by atoms with Gasteiger partial charge in [0.25, 0.3) is 0 Å². The second kappa shape index (κ2) is 24.7. The van der Waals surface area contributed by atoms with Crippen LogP contribution < -0.4 is 0 Å². The first kappa shape index (κ1) is 67.0. The Labute approximate surface area is 496 Å². The van der Waals surface area contributed by atoms with Crippen molar-refractivity contribution in [3.8, 4) is 0 Å². The molecule has 0 amide bonds. The molecular weight excluding hydrogens is 1120 g/mol. The summed E-state index contributed by atoms with van der Waals surface area (Å²) in [6, 6.07) is 0. The number of esters is 2. The molecule has 0 bridgehead atoms. The maximum absolute atomic E-state index is 13.4. The number of ether oxygens (including phenoxy) is 10. The number of allylic oxidation sites excluding steroid dienone is 3. The Kier molecular flexibility index (Phi) is 19.4. The third-order valence-electron chi connectivity index (χ3n) is 22.6. The first-order chi connectivity index (χ1) is 39.7. The average Bonchev–Trinajstić information content (AvgIpc) is 0.703. The summed E-state index contributed by atoms with van der Waals surface area (Å²) in [7, 11) is 0. The van der Waals surface area contributed by atoms with Crippen LogP contribution in [0.5, 0.6) is 0 Å². The second-order valence-corrected chi connectivity index (χ2v) is 28.0. The molecule has 13 N–H and O–H groups in total. The van der Waals surface area contributed by atoms with Gasteiger partial charge in [0.05, 0.1) is 43.5 Å². The van der Waals surface area contributed by atoms with Gasteiger partial charge in [0, 0.05) is 17.9 Å². The van der Waals surface area contributed by atoms with E-state index < -0.39 is 206 Å². The Bertz CT molecular complexity index is 2440. The molecule has 4 heterocycles. The average molecular weight is 1220 g/mol. The summed E-state index contributed by atoms with van der Waals surface area (Å²) in [5.74, 6) is -1.56. The SMILES string of the molecule is C/C=C(/C)C(=O)OC1C(O)C2(COC(C)=O)C(O)CC3(C)C(=CCC4C5(C)CCC(O[C@H]6OC[C@H](O[C@@H]7O[C@H](CO)[C@@H](O)[C@H](O)[C@H]7O)[C@H](O)[C@H]6O[C@@H]6O[C@H](CO)[C@@H](O)[C@H](O)[C@H]6O[C@@H]6O[C@H](C)[C@@H](O)[C@H](O)[C@@H]6O)C(C)(C)C5CCC43C)C2CC1(C)C. The van der Waals surface area contributed by atoms with Crippen molar-refractivity contribution in [2.45, 2.75) is 262 Å². The maximum atomic E-state index is 13.4. The van der Waals surface area contributed by atoms with Gasteiger partial charge in [0.1, 0.15) is 104 Å². The molecule has 85 heavy (non-hydrogen) atoms. The van der Waals surface area contributed by atoms with E-state index in [1.165, 1.54) is 13.8 Å². The monoisotopic (exact) mass is 1220 g/mol. The predicted octanol–water partition coefficient (Wildman–Crippen LogP) is -0.895. The molecule has 0 aromatic rings. The number of hydrogen-bond donors (Lipinski definition) is 13. The van der Waals surface area contributed by atoms with Crippen molar-refractivity contribution in [3.05, 3.63) is 23.3 Å². The van der Waals surface area contributed by atoms with Gasteiger partial charge in [0.2, 0.25) is 0 Å². The van der Waals surface area contributed by atoms with Gasteiger partial charge in [-0.25, -0.2) is 4.79 Å². The van der Waals surface area contributed by atoms with Crippen LogP contribution in [0.25, 0.3) is 0 Å². The molecule has 9 rings (SSSR count). The van der Waals surface area contributed by atoms with Crippen LogP contribution in [0.4, 0.5) is 0 Å². The lowest BCUT2D eigenvalue weighted by Gasteiger charge is -2.72. The summed E-state index contributed by atoms with van der Waals surface area (Å²) in [4.78, 5) is 25.9. The second-order valence-electron chi connectivity index (χ2n) is 28.0. The number of hydrogen-bond acceptors (Lipinski definition) is 25. The molecule has 0 radical (unpaired) electrons. The van der Waals surface area contributed by atoms with Crippen LogP contribution in [-0.2, 0) is 57.0 Å². The van der Waals surface area contributed by atoms with Gasteiger partial charge in [-0.05, 0) is 105 Å². The van der Waals surface area contributed by atoms with Gasteiger partial charge in [-0.15, -0.1) is 0 Å². The molecule has 0 spiro atoms. The van der Waals surface area contributed by atoms with Crippen molar-refractivity contribution in [1.82, 2.24) is 0 Å². The molecule has 4 saturated carbocycles. The number of carbonyl (C=O) groups excluding carboxylic acids is 2. The Morgan fingerprint density at radius 3 is 1.87 bits per heavy atom. The van der Waals surface area contributed by atoms with E-state index in [0.29, 0.717) is 31.3 Å². The third kappa shape index (κ3) is 11.2. The summed E-state index contributed by atoms with van der Waals surface area (Å²) in [6.07, 6.45) is -28.4. The summed E-state index contributed by atoms with van der Waals surface area (Å²) in [5, 5.41) is 145. The van der Waals surface area contributed by atoms with Crippen molar-refractivity contribution in [2.75, 3.05) is 26.4 Å². The van der Waals surface area contributed by atoms with E-state index in [2.05, 4.69) is 40.7 Å². The van der Waals surface area contributed by atoms with Gasteiger partial charge < -0.3 is 114 Å². The van der Waals surface area contributed by atoms with Crippen LogP contribution >= 0.6 is 0 Å². The first-order valence-corrected chi connectivity index (χ1v) is 30.3. The Hall–Kier alpha value is -2.42. The van der Waals surface area contributed by atoms with Gasteiger partial charge in [-0.3, -0.25) is 4.79 Å². The first-order valence-electron chi connectivity index (χ1n) is 30.3. The highest BCUT2D eigenvalue weighted by Crippen LogP contribution is 2.76. The molecule has 0 aromatic carbocycles. The Morgan fingerprint density at radius 2 is 1.25 bits per heavy atom. The van der Waals surface area contributed by atoms with Gasteiger partial charge in [0.15, 0.2) is 25.2 Å². The lowest BCUT2D eigenvalue weighted by Crippen LogP contribution is -2.72. The fourth-order valence-electron chi connectivity index (χ4n) is 17.2. The van der Waals surface area contributed by atoms with E-state index in [-0.39, 0.29) is 30.3 Å². The van der Waals surface area contributed by atoms with Crippen LogP contribution in [0.15, 0.2) is 23.3 Å². The molecule has 11 unspecified atom stereocenters. The Morgan fingerprint density at radius 1 is 0.659 bits per heavy atom. The quantitative estimate of drug-likeness (QED) is 0.0434. The highest BCUT2D eigenvalue weighted by Gasteiger charge is 2.73. The van der Waals surface area contributed by atoms with Crippen molar-refractivity contribution >= 4 is 11.9 Å². The number of fused-ring (bicyclic) bond motifs is 7. The Balaban J connectivity index is 1.01. The van der Waals surface area contributed by atoms with Crippen molar-refractivity contribution in [3.63, 3.8) is 0 Å². The molecule has 486 valence electrons. The molecular formula is C60H96O25. The third-order valence-corrected chi connectivity index (χ3v) is 22.6. The summed E-state index contributed by atoms with van der Waals surface area (Å²) >= 11 is 0. The smallest absolute Gasteiger partial charge is 0.333 e. The van der Waals surface area contributed by atoms with E-state index in [4.69, 9.17) is 47.4 Å². The highest BCUT2D eigenvalue weighted by molar-refractivity contribution is 5.87.